The fourth-order valence-electron chi connectivity index (χ4n) is 2.63. The number of benzene rings is 1. The van der Waals surface area contributed by atoms with Crippen molar-refractivity contribution in [2.75, 3.05) is 0 Å². The zero-order valence-corrected chi connectivity index (χ0v) is 12.1. The average molecular weight is 309 g/mol. The van der Waals surface area contributed by atoms with Crippen LogP contribution in [0.15, 0.2) is 36.4 Å². The van der Waals surface area contributed by atoms with Crippen LogP contribution >= 0.6 is 0 Å². The summed E-state index contributed by atoms with van der Waals surface area (Å²) in [6.45, 7) is 0.335. The molecule has 2 nitrogen and oxygen atoms in total. The second-order valence-electron chi connectivity index (χ2n) is 5.53. The third-order valence-corrected chi connectivity index (χ3v) is 3.93. The summed E-state index contributed by atoms with van der Waals surface area (Å²) in [4.78, 5) is 0. The van der Waals surface area contributed by atoms with Crippen molar-refractivity contribution in [2.45, 2.75) is 44.6 Å². The SMILES string of the molecule is N#C/C=C/C1CCC(OCc2ccc(C(F)(F)F)cc2)CC1. The standard InChI is InChI=1S/C17H18F3NO/c18-17(19,20)15-7-3-14(4-8-15)12-22-16-9-5-13(6-10-16)2-1-11-21/h1-4,7-8,13,16H,5-6,9-10,12H2/b2-1+. The van der Waals surface area contributed by atoms with Gasteiger partial charge in [0.2, 0.25) is 0 Å². The molecule has 0 saturated heterocycles. The molecule has 1 aliphatic rings. The van der Waals surface area contributed by atoms with Gasteiger partial charge in [-0.15, -0.1) is 0 Å². The molecule has 0 heterocycles. The number of halogens is 3. The highest BCUT2D eigenvalue weighted by Crippen LogP contribution is 2.30. The van der Waals surface area contributed by atoms with Gasteiger partial charge in [0.05, 0.1) is 24.3 Å². The van der Waals surface area contributed by atoms with Crippen molar-refractivity contribution in [1.29, 1.82) is 5.26 Å². The molecular weight excluding hydrogens is 291 g/mol. The van der Waals surface area contributed by atoms with E-state index >= 15 is 0 Å². The van der Waals surface area contributed by atoms with Gasteiger partial charge < -0.3 is 4.74 Å². The van der Waals surface area contributed by atoms with Gasteiger partial charge in [-0.25, -0.2) is 0 Å². The van der Waals surface area contributed by atoms with Crippen LogP contribution in [-0.4, -0.2) is 6.10 Å². The van der Waals surface area contributed by atoms with E-state index in [1.807, 2.05) is 12.1 Å². The van der Waals surface area contributed by atoms with Gasteiger partial charge in [-0.1, -0.05) is 18.2 Å². The van der Waals surface area contributed by atoms with E-state index in [1.54, 1.807) is 0 Å². The van der Waals surface area contributed by atoms with Gasteiger partial charge in [-0.2, -0.15) is 18.4 Å². The van der Waals surface area contributed by atoms with Crippen LogP contribution in [-0.2, 0) is 17.5 Å². The van der Waals surface area contributed by atoms with E-state index in [0.29, 0.717) is 12.5 Å². The summed E-state index contributed by atoms with van der Waals surface area (Å²) in [5.41, 5.74) is 0.112. The average Bonchev–Trinajstić information content (AvgIpc) is 2.51. The molecule has 1 aromatic rings. The number of nitrogens with zero attached hydrogens (tertiary/aromatic N) is 1. The van der Waals surface area contributed by atoms with Crippen molar-refractivity contribution < 1.29 is 17.9 Å². The number of allylic oxidation sites excluding steroid dienone is 2. The normalized spacial score (nSPS) is 22.6. The molecule has 1 fully saturated rings. The van der Waals surface area contributed by atoms with Crippen LogP contribution in [0.2, 0.25) is 0 Å². The molecule has 0 amide bonds. The molecule has 22 heavy (non-hydrogen) atoms. The molecule has 118 valence electrons. The summed E-state index contributed by atoms with van der Waals surface area (Å²) in [7, 11) is 0. The Morgan fingerprint density at radius 3 is 2.32 bits per heavy atom. The first kappa shape index (κ1) is 16.6. The van der Waals surface area contributed by atoms with Gasteiger partial charge >= 0.3 is 6.18 Å². The molecule has 0 atom stereocenters. The van der Waals surface area contributed by atoms with Crippen molar-refractivity contribution >= 4 is 0 Å². The largest absolute Gasteiger partial charge is 0.416 e. The Morgan fingerprint density at radius 1 is 1.14 bits per heavy atom. The van der Waals surface area contributed by atoms with Crippen molar-refractivity contribution in [3.63, 3.8) is 0 Å². The van der Waals surface area contributed by atoms with Gasteiger partial charge in [0.15, 0.2) is 0 Å². The minimum atomic E-state index is -4.30. The van der Waals surface area contributed by atoms with Crippen molar-refractivity contribution in [2.24, 2.45) is 5.92 Å². The molecular formula is C17H18F3NO. The third-order valence-electron chi connectivity index (χ3n) is 3.93. The number of hydrogen-bond acceptors (Lipinski definition) is 2. The summed E-state index contributed by atoms with van der Waals surface area (Å²) >= 11 is 0. The zero-order chi connectivity index (χ0) is 16.0. The van der Waals surface area contributed by atoms with Gasteiger partial charge in [-0.05, 0) is 49.3 Å². The quantitative estimate of drug-likeness (QED) is 0.744. The van der Waals surface area contributed by atoms with Crippen molar-refractivity contribution in [3.8, 4) is 6.07 Å². The summed E-state index contributed by atoms with van der Waals surface area (Å²) in [5.74, 6) is 0.436. The maximum Gasteiger partial charge on any atom is 0.416 e. The number of ether oxygens (including phenoxy) is 1. The molecule has 0 unspecified atom stereocenters. The molecule has 1 saturated carbocycles. The Labute approximate surface area is 128 Å². The van der Waals surface area contributed by atoms with Crippen molar-refractivity contribution in [3.05, 3.63) is 47.5 Å². The van der Waals surface area contributed by atoms with Crippen LogP contribution < -0.4 is 0 Å². The first-order chi connectivity index (χ1) is 10.5. The number of rotatable bonds is 4. The summed E-state index contributed by atoms with van der Waals surface area (Å²) in [5, 5.41) is 8.50. The van der Waals surface area contributed by atoms with Crippen molar-refractivity contribution in [1.82, 2.24) is 0 Å². The second-order valence-corrected chi connectivity index (χ2v) is 5.53. The van der Waals surface area contributed by atoms with Crippen LogP contribution in [0.25, 0.3) is 0 Å². The monoisotopic (exact) mass is 309 g/mol. The van der Waals surface area contributed by atoms with Gasteiger partial charge in [0, 0.05) is 6.08 Å². The smallest absolute Gasteiger partial charge is 0.374 e. The topological polar surface area (TPSA) is 33.0 Å². The minimum absolute atomic E-state index is 0.147. The molecule has 1 aliphatic carbocycles. The van der Waals surface area contributed by atoms with Crippen LogP contribution in [0.3, 0.4) is 0 Å². The Balaban J connectivity index is 1.77. The first-order valence-electron chi connectivity index (χ1n) is 7.33. The molecule has 0 N–H and O–H groups in total. The predicted octanol–water partition coefficient (Wildman–Crippen LogP) is 4.86. The number of alkyl halides is 3. The van der Waals surface area contributed by atoms with E-state index in [1.165, 1.54) is 18.2 Å². The fraction of sp³-hybridized carbons (Fsp3) is 0.471. The summed E-state index contributed by atoms with van der Waals surface area (Å²) < 4.78 is 43.2. The van der Waals surface area contributed by atoms with Crippen LogP contribution in [0.4, 0.5) is 13.2 Å². The lowest BCUT2D eigenvalue weighted by atomic mass is 9.87. The first-order valence-corrected chi connectivity index (χ1v) is 7.33. The van der Waals surface area contributed by atoms with E-state index in [2.05, 4.69) is 0 Å². The Morgan fingerprint density at radius 2 is 1.77 bits per heavy atom. The fourth-order valence-corrected chi connectivity index (χ4v) is 2.63. The predicted molar refractivity (Wildman–Crippen MR) is 76.7 cm³/mol. The summed E-state index contributed by atoms with van der Waals surface area (Å²) in [6, 6.07) is 7.09. The molecule has 1 aromatic carbocycles. The van der Waals surface area contributed by atoms with Crippen LogP contribution in [0, 0.1) is 17.2 Å². The van der Waals surface area contributed by atoms with Gasteiger partial charge in [0.25, 0.3) is 0 Å². The molecule has 0 bridgehead atoms. The lowest BCUT2D eigenvalue weighted by Gasteiger charge is -2.26. The third kappa shape index (κ3) is 4.88. The molecule has 0 spiro atoms. The highest BCUT2D eigenvalue weighted by atomic mass is 19.4. The van der Waals surface area contributed by atoms with Crippen LogP contribution in [0.5, 0.6) is 0 Å². The second kappa shape index (κ2) is 7.46. The van der Waals surface area contributed by atoms with E-state index in [4.69, 9.17) is 10.00 Å². The van der Waals surface area contributed by atoms with E-state index in [9.17, 15) is 13.2 Å². The lowest BCUT2D eigenvalue weighted by molar-refractivity contribution is -0.137. The Kier molecular flexibility index (Phi) is 5.62. The number of nitriles is 1. The van der Waals surface area contributed by atoms with E-state index < -0.39 is 11.7 Å². The zero-order valence-electron chi connectivity index (χ0n) is 12.1. The van der Waals surface area contributed by atoms with Crippen LogP contribution in [0.1, 0.15) is 36.8 Å². The van der Waals surface area contributed by atoms with Gasteiger partial charge in [0.1, 0.15) is 0 Å². The Hall–Kier alpha value is -1.80. The molecule has 0 aromatic heterocycles. The van der Waals surface area contributed by atoms with E-state index in [0.717, 1.165) is 43.4 Å². The molecule has 0 radical (unpaired) electrons. The maximum atomic E-state index is 12.5. The molecule has 5 heteroatoms. The summed E-state index contributed by atoms with van der Waals surface area (Å²) in [6.07, 6.45) is 3.11. The van der Waals surface area contributed by atoms with E-state index in [-0.39, 0.29) is 6.10 Å². The minimum Gasteiger partial charge on any atom is -0.374 e. The van der Waals surface area contributed by atoms with Gasteiger partial charge in [-0.3, -0.25) is 0 Å². The highest BCUT2D eigenvalue weighted by molar-refractivity contribution is 5.24. The molecule has 0 aliphatic heterocycles. The Bertz CT molecular complexity index is 535. The highest BCUT2D eigenvalue weighted by Gasteiger charge is 2.30. The maximum absolute atomic E-state index is 12.5. The number of hydrogen-bond donors (Lipinski definition) is 0. The lowest BCUT2D eigenvalue weighted by Crippen LogP contribution is -2.20. The molecule has 2 rings (SSSR count).